The Morgan fingerprint density at radius 3 is 2.06 bits per heavy atom. The van der Waals surface area contributed by atoms with Crippen molar-refractivity contribution in [3.63, 3.8) is 0 Å². The summed E-state index contributed by atoms with van der Waals surface area (Å²) in [6.07, 6.45) is 3.06. The molecule has 4 aromatic rings. The minimum absolute atomic E-state index is 0.0104. The lowest BCUT2D eigenvalue weighted by atomic mass is 10.0. The van der Waals surface area contributed by atoms with E-state index in [1.807, 2.05) is 77.7 Å². The van der Waals surface area contributed by atoms with Crippen molar-refractivity contribution in [2.45, 2.75) is 19.3 Å². The summed E-state index contributed by atoms with van der Waals surface area (Å²) in [5, 5.41) is 2.92. The van der Waals surface area contributed by atoms with Gasteiger partial charge in [0.05, 0.1) is 0 Å². The summed E-state index contributed by atoms with van der Waals surface area (Å²) in [6, 6.07) is 32.9. The van der Waals surface area contributed by atoms with Crippen LogP contribution in [-0.2, 0) is 6.42 Å². The summed E-state index contributed by atoms with van der Waals surface area (Å²) in [7, 11) is 0. The van der Waals surface area contributed by atoms with Gasteiger partial charge in [-0.25, -0.2) is 0 Å². The highest BCUT2D eigenvalue weighted by Crippen LogP contribution is 2.28. The second-order valence-corrected chi connectivity index (χ2v) is 8.52. The van der Waals surface area contributed by atoms with Crippen LogP contribution in [0.25, 0.3) is 11.1 Å². The van der Waals surface area contributed by atoms with Gasteiger partial charge in [-0.2, -0.15) is 0 Å². The maximum absolute atomic E-state index is 13.3. The van der Waals surface area contributed by atoms with Crippen LogP contribution >= 0.6 is 0 Å². The zero-order valence-corrected chi connectivity index (χ0v) is 18.9. The molecule has 0 atom stereocenters. The number of benzene rings is 4. The second kappa shape index (κ2) is 9.75. The number of para-hydroxylation sites is 1. The van der Waals surface area contributed by atoms with Crippen molar-refractivity contribution in [3.05, 3.63) is 120 Å². The predicted molar refractivity (Wildman–Crippen MR) is 137 cm³/mol. The van der Waals surface area contributed by atoms with Gasteiger partial charge in [0, 0.05) is 29.0 Å². The highest BCUT2D eigenvalue weighted by atomic mass is 16.2. The van der Waals surface area contributed by atoms with Crippen LogP contribution in [-0.4, -0.2) is 18.4 Å². The normalized spacial score (nSPS) is 13.0. The van der Waals surface area contributed by atoms with E-state index in [-0.39, 0.29) is 11.8 Å². The third-order valence-electron chi connectivity index (χ3n) is 6.25. The summed E-state index contributed by atoms with van der Waals surface area (Å²) < 4.78 is 0. The van der Waals surface area contributed by atoms with Crippen LogP contribution in [0.3, 0.4) is 0 Å². The van der Waals surface area contributed by atoms with Crippen molar-refractivity contribution >= 4 is 23.2 Å². The van der Waals surface area contributed by atoms with E-state index < -0.39 is 0 Å². The molecule has 34 heavy (non-hydrogen) atoms. The lowest BCUT2D eigenvalue weighted by Gasteiger charge is -2.23. The molecule has 0 radical (unpaired) electrons. The van der Waals surface area contributed by atoms with E-state index in [1.54, 1.807) is 24.3 Å². The maximum Gasteiger partial charge on any atom is 0.258 e. The fourth-order valence-electron chi connectivity index (χ4n) is 4.40. The third kappa shape index (κ3) is 4.62. The smallest absolute Gasteiger partial charge is 0.258 e. The van der Waals surface area contributed by atoms with Crippen LogP contribution in [0.5, 0.6) is 0 Å². The number of hydrogen-bond acceptors (Lipinski definition) is 2. The fourth-order valence-corrected chi connectivity index (χ4v) is 4.40. The minimum atomic E-state index is -0.180. The Kier molecular flexibility index (Phi) is 6.21. The van der Waals surface area contributed by atoms with Gasteiger partial charge in [0.1, 0.15) is 0 Å². The molecule has 0 bridgehead atoms. The molecule has 0 aliphatic carbocycles. The summed E-state index contributed by atoms with van der Waals surface area (Å²) >= 11 is 0. The van der Waals surface area contributed by atoms with Crippen LogP contribution in [0.1, 0.15) is 39.1 Å². The molecule has 1 aliphatic rings. The highest BCUT2D eigenvalue weighted by molar-refractivity contribution is 6.07. The van der Waals surface area contributed by atoms with Crippen molar-refractivity contribution < 1.29 is 9.59 Å². The fraction of sp³-hybridized carbons (Fsp3) is 0.133. The van der Waals surface area contributed by atoms with Crippen LogP contribution in [0.15, 0.2) is 103 Å². The molecule has 0 unspecified atom stereocenters. The first-order valence-corrected chi connectivity index (χ1v) is 11.7. The Labute approximate surface area is 199 Å². The van der Waals surface area contributed by atoms with Gasteiger partial charge < -0.3 is 10.2 Å². The number of amides is 2. The first-order chi connectivity index (χ1) is 16.7. The number of aryl methyl sites for hydroxylation is 1. The summed E-state index contributed by atoms with van der Waals surface area (Å²) in [6.45, 7) is 0.716. The van der Waals surface area contributed by atoms with Gasteiger partial charge in [-0.1, -0.05) is 60.7 Å². The molecule has 4 nitrogen and oxygen atoms in total. The molecule has 0 saturated heterocycles. The molecule has 0 aromatic heterocycles. The van der Waals surface area contributed by atoms with Crippen LogP contribution < -0.4 is 10.2 Å². The molecule has 2 amide bonds. The molecule has 5 rings (SSSR count). The first kappa shape index (κ1) is 21.7. The van der Waals surface area contributed by atoms with Crippen LogP contribution in [0, 0.1) is 0 Å². The number of nitrogens with zero attached hydrogens (tertiary/aromatic N) is 1. The maximum atomic E-state index is 13.3. The Morgan fingerprint density at radius 1 is 0.647 bits per heavy atom. The number of fused-ring (bicyclic) bond motifs is 1. The summed E-state index contributed by atoms with van der Waals surface area (Å²) in [4.78, 5) is 27.9. The molecule has 4 heteroatoms. The molecular formula is C30H26N2O2. The lowest BCUT2D eigenvalue weighted by molar-refractivity contribution is 0.0985. The SMILES string of the molecule is O=C(Nc1ccc(C(=O)N2CCCCc3ccccc32)cc1)c1ccc(-c2ccccc2)cc1. The van der Waals surface area contributed by atoms with Crippen molar-refractivity contribution in [3.8, 4) is 11.1 Å². The monoisotopic (exact) mass is 446 g/mol. The van der Waals surface area contributed by atoms with Gasteiger partial charge in [0.25, 0.3) is 11.8 Å². The first-order valence-electron chi connectivity index (χ1n) is 11.7. The van der Waals surface area contributed by atoms with Gasteiger partial charge in [-0.05, 0) is 78.4 Å². The average Bonchev–Trinajstić information content (AvgIpc) is 3.12. The summed E-state index contributed by atoms with van der Waals surface area (Å²) in [5.41, 5.74) is 6.25. The van der Waals surface area contributed by atoms with Gasteiger partial charge in [-0.15, -0.1) is 0 Å². The van der Waals surface area contributed by atoms with Crippen LogP contribution in [0.4, 0.5) is 11.4 Å². The van der Waals surface area contributed by atoms with Gasteiger partial charge in [0.15, 0.2) is 0 Å². The quantitative estimate of drug-likeness (QED) is 0.384. The number of carbonyl (C=O) groups is 2. The second-order valence-electron chi connectivity index (χ2n) is 8.52. The Morgan fingerprint density at radius 2 is 1.29 bits per heavy atom. The standard InChI is InChI=1S/C30H26N2O2/c33-29(25-15-13-23(14-16-25)22-8-2-1-3-9-22)31-27-19-17-26(18-20-27)30(34)32-21-7-6-11-24-10-4-5-12-28(24)32/h1-5,8-10,12-20H,6-7,11,21H2,(H,31,33). The minimum Gasteiger partial charge on any atom is -0.322 e. The van der Waals surface area contributed by atoms with Gasteiger partial charge in [0.2, 0.25) is 0 Å². The highest BCUT2D eigenvalue weighted by Gasteiger charge is 2.22. The van der Waals surface area contributed by atoms with Crippen molar-refractivity contribution in [2.24, 2.45) is 0 Å². The van der Waals surface area contributed by atoms with Crippen molar-refractivity contribution in [2.75, 3.05) is 16.8 Å². The van der Waals surface area contributed by atoms with Crippen molar-refractivity contribution in [1.29, 1.82) is 0 Å². The largest absolute Gasteiger partial charge is 0.322 e. The number of hydrogen-bond donors (Lipinski definition) is 1. The Bertz CT molecular complexity index is 1300. The van der Waals surface area contributed by atoms with Gasteiger partial charge >= 0.3 is 0 Å². The van der Waals surface area contributed by atoms with E-state index in [9.17, 15) is 9.59 Å². The molecule has 1 N–H and O–H groups in total. The molecular weight excluding hydrogens is 420 g/mol. The molecule has 1 heterocycles. The van der Waals surface area contributed by atoms with E-state index in [4.69, 9.17) is 0 Å². The molecule has 0 saturated carbocycles. The van der Waals surface area contributed by atoms with E-state index >= 15 is 0 Å². The molecule has 4 aromatic carbocycles. The van der Waals surface area contributed by atoms with Gasteiger partial charge in [-0.3, -0.25) is 9.59 Å². The van der Waals surface area contributed by atoms with E-state index in [1.165, 1.54) is 5.56 Å². The predicted octanol–water partition coefficient (Wildman–Crippen LogP) is 6.59. The van der Waals surface area contributed by atoms with E-state index in [0.717, 1.165) is 36.1 Å². The molecule has 1 aliphatic heterocycles. The number of anilines is 2. The molecule has 0 spiro atoms. The van der Waals surface area contributed by atoms with Crippen LogP contribution in [0.2, 0.25) is 0 Å². The van der Waals surface area contributed by atoms with E-state index in [0.29, 0.717) is 23.4 Å². The number of nitrogens with one attached hydrogen (secondary N) is 1. The third-order valence-corrected chi connectivity index (χ3v) is 6.25. The molecule has 0 fully saturated rings. The average molecular weight is 447 g/mol. The lowest BCUT2D eigenvalue weighted by Crippen LogP contribution is -2.31. The summed E-state index contributed by atoms with van der Waals surface area (Å²) in [5.74, 6) is -0.191. The topological polar surface area (TPSA) is 49.4 Å². The zero-order chi connectivity index (χ0) is 23.3. The molecule has 168 valence electrons. The zero-order valence-electron chi connectivity index (χ0n) is 18.9. The van der Waals surface area contributed by atoms with Crippen molar-refractivity contribution in [1.82, 2.24) is 0 Å². The number of rotatable bonds is 4. The van der Waals surface area contributed by atoms with E-state index in [2.05, 4.69) is 11.4 Å². The Hall–Kier alpha value is -4.18. The Balaban J connectivity index is 1.27. The number of carbonyl (C=O) groups excluding carboxylic acids is 2.